The summed E-state index contributed by atoms with van der Waals surface area (Å²) in [5.41, 5.74) is 1.75. The summed E-state index contributed by atoms with van der Waals surface area (Å²) in [5, 5.41) is 7.23. The van der Waals surface area contributed by atoms with E-state index in [1.807, 2.05) is 24.3 Å². The molecule has 0 aliphatic carbocycles. The summed E-state index contributed by atoms with van der Waals surface area (Å²) < 4.78 is 36.0. The van der Waals surface area contributed by atoms with E-state index in [0.717, 1.165) is 5.56 Å². The topological polar surface area (TPSA) is 103 Å². The fraction of sp³-hybridized carbons (Fsp3) is 0.300. The molecule has 9 heteroatoms. The van der Waals surface area contributed by atoms with Crippen LogP contribution in [0.1, 0.15) is 28.7 Å². The molecule has 2 aromatic heterocycles. The molecule has 1 atom stereocenters. The Morgan fingerprint density at radius 3 is 2.72 bits per heavy atom. The van der Waals surface area contributed by atoms with Gasteiger partial charge in [-0.3, -0.25) is 9.48 Å². The summed E-state index contributed by atoms with van der Waals surface area (Å²) >= 11 is 0. The fourth-order valence-electron chi connectivity index (χ4n) is 3.40. The standard InChI is InChI=1S/C20H21N3O5S/c1-27-16-6-4-14(5-7-16)19-11-18(20(24)21-12-17-3-2-9-28-17)22-23(19)15-8-10-29(25,26)13-15/h2-7,9,11,15H,8,10,12-13H2,1H3,(H,21,24)/t15-/m0/s1. The second-order valence-corrected chi connectivity index (χ2v) is 9.14. The van der Waals surface area contributed by atoms with Crippen LogP contribution in [-0.4, -0.2) is 42.7 Å². The first-order valence-electron chi connectivity index (χ1n) is 9.20. The molecule has 1 aliphatic heterocycles. The number of rotatable bonds is 6. The molecule has 0 bridgehead atoms. The van der Waals surface area contributed by atoms with Crippen LogP contribution in [0.2, 0.25) is 0 Å². The summed E-state index contributed by atoms with van der Waals surface area (Å²) in [6.45, 7) is 0.244. The molecular weight excluding hydrogens is 394 g/mol. The van der Waals surface area contributed by atoms with Gasteiger partial charge in [0.2, 0.25) is 0 Å². The molecule has 152 valence electrons. The maximum Gasteiger partial charge on any atom is 0.272 e. The van der Waals surface area contributed by atoms with Crippen LogP contribution in [0, 0.1) is 0 Å². The molecule has 0 radical (unpaired) electrons. The monoisotopic (exact) mass is 415 g/mol. The van der Waals surface area contributed by atoms with Crippen molar-refractivity contribution in [3.05, 3.63) is 60.2 Å². The summed E-state index contributed by atoms with van der Waals surface area (Å²) in [4.78, 5) is 12.6. The zero-order valence-electron chi connectivity index (χ0n) is 15.9. The highest BCUT2D eigenvalue weighted by Crippen LogP contribution is 2.31. The highest BCUT2D eigenvalue weighted by Gasteiger charge is 2.32. The van der Waals surface area contributed by atoms with Gasteiger partial charge in [-0.25, -0.2) is 8.42 Å². The van der Waals surface area contributed by atoms with Crippen molar-refractivity contribution in [2.45, 2.75) is 19.0 Å². The zero-order chi connectivity index (χ0) is 20.4. The quantitative estimate of drug-likeness (QED) is 0.663. The van der Waals surface area contributed by atoms with Gasteiger partial charge in [-0.1, -0.05) is 0 Å². The van der Waals surface area contributed by atoms with Gasteiger partial charge in [0.15, 0.2) is 15.5 Å². The van der Waals surface area contributed by atoms with Crippen LogP contribution in [0.5, 0.6) is 5.75 Å². The second-order valence-electron chi connectivity index (χ2n) is 6.91. The number of carbonyl (C=O) groups excluding carboxylic acids is 1. The van der Waals surface area contributed by atoms with Crippen molar-refractivity contribution < 1.29 is 22.4 Å². The molecule has 1 fully saturated rings. The lowest BCUT2D eigenvalue weighted by molar-refractivity contribution is 0.0942. The number of amides is 1. The van der Waals surface area contributed by atoms with E-state index in [1.165, 1.54) is 0 Å². The van der Waals surface area contributed by atoms with Crippen molar-refractivity contribution in [3.8, 4) is 17.0 Å². The van der Waals surface area contributed by atoms with Gasteiger partial charge in [-0.05, 0) is 48.9 Å². The highest BCUT2D eigenvalue weighted by atomic mass is 32.2. The van der Waals surface area contributed by atoms with Crippen molar-refractivity contribution in [1.82, 2.24) is 15.1 Å². The summed E-state index contributed by atoms with van der Waals surface area (Å²) in [7, 11) is -1.51. The first kappa shape index (κ1) is 19.3. The molecule has 0 saturated carbocycles. The zero-order valence-corrected chi connectivity index (χ0v) is 16.7. The molecule has 0 unspecified atom stereocenters. The number of ether oxygens (including phenoxy) is 1. The number of hydrogen-bond donors (Lipinski definition) is 1. The van der Waals surface area contributed by atoms with Crippen molar-refractivity contribution in [1.29, 1.82) is 0 Å². The minimum atomic E-state index is -3.10. The number of nitrogens with one attached hydrogen (secondary N) is 1. The SMILES string of the molecule is COc1ccc(-c2cc(C(=O)NCc3ccco3)nn2[C@H]2CCS(=O)(=O)C2)cc1. The lowest BCUT2D eigenvalue weighted by Crippen LogP contribution is -2.23. The molecule has 1 amide bonds. The van der Waals surface area contributed by atoms with Crippen LogP contribution in [-0.2, 0) is 16.4 Å². The number of carbonyl (C=O) groups is 1. The first-order valence-corrected chi connectivity index (χ1v) is 11.0. The maximum atomic E-state index is 12.6. The number of hydrogen-bond acceptors (Lipinski definition) is 6. The number of sulfone groups is 1. The summed E-state index contributed by atoms with van der Waals surface area (Å²) in [5.74, 6) is 1.13. The van der Waals surface area contributed by atoms with E-state index in [0.29, 0.717) is 23.6 Å². The van der Waals surface area contributed by atoms with Gasteiger partial charge in [0.25, 0.3) is 5.91 Å². The Balaban J connectivity index is 1.65. The maximum absolute atomic E-state index is 12.6. The number of benzene rings is 1. The number of aromatic nitrogens is 2. The molecule has 4 rings (SSSR count). The summed E-state index contributed by atoms with van der Waals surface area (Å²) in [6.07, 6.45) is 2.01. The van der Waals surface area contributed by atoms with Gasteiger partial charge in [-0.2, -0.15) is 5.10 Å². The Hall–Kier alpha value is -3.07. The molecule has 1 aliphatic rings. The van der Waals surface area contributed by atoms with Gasteiger partial charge >= 0.3 is 0 Å². The second kappa shape index (κ2) is 7.75. The van der Waals surface area contributed by atoms with E-state index in [-0.39, 0.29) is 35.7 Å². The average Bonchev–Trinajstić information content (AvgIpc) is 3.45. The molecule has 0 spiro atoms. The largest absolute Gasteiger partial charge is 0.497 e. The highest BCUT2D eigenvalue weighted by molar-refractivity contribution is 7.91. The molecule has 8 nitrogen and oxygen atoms in total. The normalized spacial score (nSPS) is 17.9. The van der Waals surface area contributed by atoms with Crippen molar-refractivity contribution in [3.63, 3.8) is 0 Å². The Bertz CT molecular complexity index is 1100. The van der Waals surface area contributed by atoms with E-state index in [1.54, 1.807) is 36.3 Å². The Morgan fingerprint density at radius 1 is 1.31 bits per heavy atom. The minimum absolute atomic E-state index is 0.0191. The average molecular weight is 415 g/mol. The van der Waals surface area contributed by atoms with Gasteiger partial charge in [0, 0.05) is 5.56 Å². The molecule has 3 aromatic rings. The van der Waals surface area contributed by atoms with Crippen LogP contribution in [0.15, 0.2) is 53.1 Å². The van der Waals surface area contributed by atoms with E-state index in [4.69, 9.17) is 9.15 Å². The Labute approximate surface area is 168 Å². The fourth-order valence-corrected chi connectivity index (χ4v) is 5.09. The van der Waals surface area contributed by atoms with Gasteiger partial charge in [0.1, 0.15) is 11.5 Å². The number of furan rings is 1. The van der Waals surface area contributed by atoms with Gasteiger partial charge < -0.3 is 14.5 Å². The number of methoxy groups -OCH3 is 1. The Kier molecular flexibility index (Phi) is 5.14. The van der Waals surface area contributed by atoms with E-state index in [9.17, 15) is 13.2 Å². The van der Waals surface area contributed by atoms with Crippen molar-refractivity contribution in [2.75, 3.05) is 18.6 Å². The van der Waals surface area contributed by atoms with Crippen molar-refractivity contribution >= 4 is 15.7 Å². The van der Waals surface area contributed by atoms with Crippen LogP contribution in [0.4, 0.5) is 0 Å². The van der Waals surface area contributed by atoms with E-state index >= 15 is 0 Å². The van der Waals surface area contributed by atoms with Crippen LogP contribution >= 0.6 is 0 Å². The lowest BCUT2D eigenvalue weighted by Gasteiger charge is -2.13. The molecule has 1 N–H and O–H groups in total. The van der Waals surface area contributed by atoms with Crippen LogP contribution < -0.4 is 10.1 Å². The molecule has 3 heterocycles. The van der Waals surface area contributed by atoms with E-state index < -0.39 is 9.84 Å². The third-order valence-electron chi connectivity index (χ3n) is 4.91. The molecule has 29 heavy (non-hydrogen) atoms. The first-order chi connectivity index (χ1) is 13.9. The smallest absolute Gasteiger partial charge is 0.272 e. The van der Waals surface area contributed by atoms with Crippen LogP contribution in [0.25, 0.3) is 11.3 Å². The summed E-state index contributed by atoms with van der Waals surface area (Å²) in [6, 6.07) is 12.3. The van der Waals surface area contributed by atoms with Gasteiger partial charge in [0.05, 0.1) is 43.2 Å². The van der Waals surface area contributed by atoms with E-state index in [2.05, 4.69) is 10.4 Å². The number of nitrogens with zero attached hydrogens (tertiary/aromatic N) is 2. The third kappa shape index (κ3) is 4.19. The minimum Gasteiger partial charge on any atom is -0.497 e. The third-order valence-corrected chi connectivity index (χ3v) is 6.66. The predicted molar refractivity (Wildman–Crippen MR) is 106 cm³/mol. The molecule has 1 aromatic carbocycles. The van der Waals surface area contributed by atoms with Crippen LogP contribution in [0.3, 0.4) is 0 Å². The van der Waals surface area contributed by atoms with Gasteiger partial charge in [-0.15, -0.1) is 0 Å². The molecular formula is C20H21N3O5S. The predicted octanol–water partition coefficient (Wildman–Crippen LogP) is 2.44. The molecule has 1 saturated heterocycles. The van der Waals surface area contributed by atoms with Crippen molar-refractivity contribution in [2.24, 2.45) is 0 Å². The Morgan fingerprint density at radius 2 is 2.10 bits per heavy atom. The lowest BCUT2D eigenvalue weighted by atomic mass is 10.1.